The number of anilines is 1. The van der Waals surface area contributed by atoms with Gasteiger partial charge in [-0.15, -0.1) is 11.3 Å². The molecule has 1 aromatic rings. The van der Waals surface area contributed by atoms with Gasteiger partial charge in [0.2, 0.25) is 0 Å². The molecule has 1 saturated carbocycles. The molecule has 0 radical (unpaired) electrons. The standard InChI is InChI=1S/C10H14N2OS/c11-8-4-5-14-9(8)10(13)12-6-7-2-1-3-7/h4-5,7H,1-3,6,11H2,(H,12,13). The third-order valence-electron chi connectivity index (χ3n) is 2.68. The molecule has 1 amide bonds. The van der Waals surface area contributed by atoms with Crippen LogP contribution in [0.15, 0.2) is 11.4 Å². The van der Waals surface area contributed by atoms with E-state index in [1.54, 1.807) is 6.07 Å². The first-order valence-corrected chi connectivity index (χ1v) is 5.76. The average molecular weight is 210 g/mol. The van der Waals surface area contributed by atoms with E-state index in [0.717, 1.165) is 6.54 Å². The van der Waals surface area contributed by atoms with Gasteiger partial charge in [-0.25, -0.2) is 0 Å². The molecule has 14 heavy (non-hydrogen) atoms. The van der Waals surface area contributed by atoms with Gasteiger partial charge in [0.05, 0.1) is 5.69 Å². The molecule has 1 fully saturated rings. The molecule has 0 unspecified atom stereocenters. The zero-order valence-corrected chi connectivity index (χ0v) is 8.77. The van der Waals surface area contributed by atoms with Gasteiger partial charge in [0, 0.05) is 6.54 Å². The Kier molecular flexibility index (Phi) is 2.72. The summed E-state index contributed by atoms with van der Waals surface area (Å²) in [4.78, 5) is 12.2. The summed E-state index contributed by atoms with van der Waals surface area (Å²) in [5.74, 6) is 0.671. The number of nitrogens with one attached hydrogen (secondary N) is 1. The Morgan fingerprint density at radius 3 is 2.93 bits per heavy atom. The third kappa shape index (κ3) is 1.90. The molecule has 0 aliphatic heterocycles. The molecule has 3 N–H and O–H groups in total. The second kappa shape index (κ2) is 4.00. The smallest absolute Gasteiger partial charge is 0.263 e. The molecule has 1 aliphatic rings. The number of nitrogens with two attached hydrogens (primary N) is 1. The van der Waals surface area contributed by atoms with Gasteiger partial charge in [-0.2, -0.15) is 0 Å². The van der Waals surface area contributed by atoms with Crippen molar-refractivity contribution in [1.29, 1.82) is 0 Å². The Bertz CT molecular complexity index is 331. The van der Waals surface area contributed by atoms with Gasteiger partial charge >= 0.3 is 0 Å². The van der Waals surface area contributed by atoms with Gasteiger partial charge in [-0.1, -0.05) is 6.42 Å². The molecular weight excluding hydrogens is 196 g/mol. The van der Waals surface area contributed by atoms with Crippen LogP contribution in [0, 0.1) is 5.92 Å². The predicted molar refractivity (Wildman–Crippen MR) is 58.4 cm³/mol. The van der Waals surface area contributed by atoms with Gasteiger partial charge < -0.3 is 11.1 Å². The van der Waals surface area contributed by atoms with Crippen molar-refractivity contribution in [3.8, 4) is 0 Å². The van der Waals surface area contributed by atoms with E-state index in [1.165, 1.54) is 30.6 Å². The summed E-state index contributed by atoms with van der Waals surface area (Å²) in [6.07, 6.45) is 3.81. The van der Waals surface area contributed by atoms with E-state index >= 15 is 0 Å². The molecule has 0 aromatic carbocycles. The van der Waals surface area contributed by atoms with E-state index in [2.05, 4.69) is 5.32 Å². The zero-order valence-electron chi connectivity index (χ0n) is 7.95. The summed E-state index contributed by atoms with van der Waals surface area (Å²) < 4.78 is 0. The first-order valence-electron chi connectivity index (χ1n) is 4.88. The van der Waals surface area contributed by atoms with Crippen molar-refractivity contribution >= 4 is 22.9 Å². The number of hydrogen-bond donors (Lipinski definition) is 2. The lowest BCUT2D eigenvalue weighted by Gasteiger charge is -2.25. The van der Waals surface area contributed by atoms with Crippen molar-refractivity contribution in [1.82, 2.24) is 5.32 Å². The van der Waals surface area contributed by atoms with E-state index in [4.69, 9.17) is 5.73 Å². The largest absolute Gasteiger partial charge is 0.397 e. The molecule has 0 saturated heterocycles. The van der Waals surface area contributed by atoms with E-state index in [-0.39, 0.29) is 5.91 Å². The maximum Gasteiger partial charge on any atom is 0.263 e. The van der Waals surface area contributed by atoms with Gasteiger partial charge in [0.15, 0.2) is 0 Å². The molecular formula is C10H14N2OS. The average Bonchev–Trinajstić information content (AvgIpc) is 2.48. The molecule has 76 valence electrons. The van der Waals surface area contributed by atoms with Crippen molar-refractivity contribution in [3.05, 3.63) is 16.3 Å². The van der Waals surface area contributed by atoms with Crippen LogP contribution in [0.4, 0.5) is 5.69 Å². The number of thiophene rings is 1. The van der Waals surface area contributed by atoms with Crippen LogP contribution in [-0.2, 0) is 0 Å². The monoisotopic (exact) mass is 210 g/mol. The topological polar surface area (TPSA) is 55.1 Å². The van der Waals surface area contributed by atoms with Crippen LogP contribution in [0.5, 0.6) is 0 Å². The van der Waals surface area contributed by atoms with Crippen LogP contribution in [-0.4, -0.2) is 12.5 Å². The Labute approximate surface area is 87.3 Å². The first kappa shape index (κ1) is 9.52. The number of hydrogen-bond acceptors (Lipinski definition) is 3. The molecule has 4 heteroatoms. The molecule has 2 rings (SSSR count). The van der Waals surface area contributed by atoms with Crippen molar-refractivity contribution in [2.75, 3.05) is 12.3 Å². The quantitative estimate of drug-likeness (QED) is 0.800. The van der Waals surface area contributed by atoms with Gasteiger partial charge in [0.25, 0.3) is 5.91 Å². The van der Waals surface area contributed by atoms with Crippen LogP contribution < -0.4 is 11.1 Å². The van der Waals surface area contributed by atoms with Crippen molar-refractivity contribution in [2.45, 2.75) is 19.3 Å². The maximum absolute atomic E-state index is 11.6. The molecule has 1 aromatic heterocycles. The van der Waals surface area contributed by atoms with Crippen LogP contribution in [0.2, 0.25) is 0 Å². The highest BCUT2D eigenvalue weighted by atomic mass is 32.1. The summed E-state index contributed by atoms with van der Waals surface area (Å²) in [6.45, 7) is 0.802. The second-order valence-corrected chi connectivity index (χ2v) is 4.63. The SMILES string of the molecule is Nc1ccsc1C(=O)NCC1CCC1. The van der Waals surface area contributed by atoms with Crippen molar-refractivity contribution in [2.24, 2.45) is 5.92 Å². The van der Waals surface area contributed by atoms with Gasteiger partial charge in [-0.3, -0.25) is 4.79 Å². The Morgan fingerprint density at radius 2 is 2.43 bits per heavy atom. The second-order valence-electron chi connectivity index (χ2n) is 3.71. The summed E-state index contributed by atoms with van der Waals surface area (Å²) in [7, 11) is 0. The van der Waals surface area contributed by atoms with Gasteiger partial charge in [-0.05, 0) is 30.2 Å². The predicted octanol–water partition coefficient (Wildman–Crippen LogP) is 1.86. The Morgan fingerprint density at radius 1 is 1.64 bits per heavy atom. The van der Waals surface area contributed by atoms with E-state index in [9.17, 15) is 4.79 Å². The number of carbonyl (C=O) groups is 1. The van der Waals surface area contributed by atoms with Crippen LogP contribution in [0.1, 0.15) is 28.9 Å². The normalized spacial score (nSPS) is 16.3. The lowest BCUT2D eigenvalue weighted by atomic mass is 9.85. The lowest BCUT2D eigenvalue weighted by molar-refractivity contribution is 0.0944. The van der Waals surface area contributed by atoms with Crippen LogP contribution in [0.3, 0.4) is 0 Å². The number of rotatable bonds is 3. The molecule has 0 atom stereocenters. The summed E-state index contributed by atoms with van der Waals surface area (Å²) >= 11 is 1.40. The number of carbonyl (C=O) groups excluding carboxylic acids is 1. The van der Waals surface area contributed by atoms with Crippen LogP contribution >= 0.6 is 11.3 Å². The molecule has 1 heterocycles. The van der Waals surface area contributed by atoms with E-state index < -0.39 is 0 Å². The summed E-state index contributed by atoms with van der Waals surface area (Å²) in [6, 6.07) is 1.77. The van der Waals surface area contributed by atoms with E-state index in [1.807, 2.05) is 5.38 Å². The van der Waals surface area contributed by atoms with E-state index in [0.29, 0.717) is 16.5 Å². The van der Waals surface area contributed by atoms with Crippen molar-refractivity contribution < 1.29 is 4.79 Å². The highest BCUT2D eigenvalue weighted by Gasteiger charge is 2.19. The highest BCUT2D eigenvalue weighted by molar-refractivity contribution is 7.12. The minimum absolute atomic E-state index is 0.0237. The Hall–Kier alpha value is -1.03. The van der Waals surface area contributed by atoms with Crippen LogP contribution in [0.25, 0.3) is 0 Å². The molecule has 0 spiro atoms. The zero-order chi connectivity index (χ0) is 9.97. The fourth-order valence-corrected chi connectivity index (χ4v) is 2.25. The van der Waals surface area contributed by atoms with Crippen molar-refractivity contribution in [3.63, 3.8) is 0 Å². The molecule has 0 bridgehead atoms. The Balaban J connectivity index is 1.86. The minimum atomic E-state index is -0.0237. The third-order valence-corrected chi connectivity index (χ3v) is 3.61. The minimum Gasteiger partial charge on any atom is -0.397 e. The number of nitrogen functional groups attached to an aromatic ring is 1. The number of amides is 1. The van der Waals surface area contributed by atoms with Gasteiger partial charge in [0.1, 0.15) is 4.88 Å². The molecule has 3 nitrogen and oxygen atoms in total. The maximum atomic E-state index is 11.6. The summed E-state index contributed by atoms with van der Waals surface area (Å²) in [5.41, 5.74) is 6.23. The molecule has 1 aliphatic carbocycles. The lowest BCUT2D eigenvalue weighted by Crippen LogP contribution is -2.32. The first-order chi connectivity index (χ1) is 6.77. The highest BCUT2D eigenvalue weighted by Crippen LogP contribution is 2.25. The fraction of sp³-hybridized carbons (Fsp3) is 0.500. The fourth-order valence-electron chi connectivity index (χ4n) is 1.52. The summed E-state index contributed by atoms with van der Waals surface area (Å²) in [5, 5.41) is 4.76.